The summed E-state index contributed by atoms with van der Waals surface area (Å²) < 4.78 is 35.0. The number of hydrogen-bond donors (Lipinski definition) is 0. The number of halogens is 3. The van der Waals surface area contributed by atoms with Gasteiger partial charge >= 0.3 is 0 Å². The van der Waals surface area contributed by atoms with Crippen molar-refractivity contribution in [3.8, 4) is 11.5 Å². The van der Waals surface area contributed by atoms with Gasteiger partial charge in [0.15, 0.2) is 12.4 Å². The highest BCUT2D eigenvalue weighted by atomic mass is 127. The fourth-order valence-corrected chi connectivity index (χ4v) is 4.21. The van der Waals surface area contributed by atoms with Crippen LogP contribution in [-0.2, 0) is 12.0 Å². The predicted octanol–water partition coefficient (Wildman–Crippen LogP) is 4.96. The highest BCUT2D eigenvalue weighted by molar-refractivity contribution is 5.34. The normalized spacial score (nSPS) is 11.3. The van der Waals surface area contributed by atoms with Crippen molar-refractivity contribution in [2.45, 2.75) is 51.5 Å². The second-order valence-electron chi connectivity index (χ2n) is 9.95. The molecule has 0 radical (unpaired) electrons. The molecule has 0 aliphatic carbocycles. The summed E-state index contributed by atoms with van der Waals surface area (Å²) in [5, 5.41) is 0. The number of aromatic nitrogens is 1. The van der Waals surface area contributed by atoms with Crippen LogP contribution in [0.1, 0.15) is 56.2 Å². The van der Waals surface area contributed by atoms with E-state index in [0.29, 0.717) is 0 Å². The highest BCUT2D eigenvalue weighted by Gasteiger charge is 2.16. The molecule has 0 aliphatic rings. The first-order valence-electron chi connectivity index (χ1n) is 12.1. The number of hydrogen-bond acceptors (Lipinski definition) is 1. The molecular weight excluding hydrogens is 567 g/mol. The van der Waals surface area contributed by atoms with Crippen LogP contribution in [0.2, 0.25) is 0 Å². The van der Waals surface area contributed by atoms with Crippen molar-refractivity contribution in [1.82, 2.24) is 0 Å². The second-order valence-corrected chi connectivity index (χ2v) is 9.95. The molecule has 0 fully saturated rings. The van der Waals surface area contributed by atoms with E-state index >= 15 is 0 Å². The van der Waals surface area contributed by atoms with Crippen LogP contribution in [-0.4, -0.2) is 0 Å². The summed E-state index contributed by atoms with van der Waals surface area (Å²) in [4.78, 5) is 0. The Morgan fingerprint density at radius 2 is 1.17 bits per heavy atom. The van der Waals surface area contributed by atoms with Gasteiger partial charge in [0.05, 0.1) is 0 Å². The Morgan fingerprint density at radius 3 is 1.64 bits per heavy atom. The third-order valence-corrected chi connectivity index (χ3v) is 6.27. The summed E-state index contributed by atoms with van der Waals surface area (Å²) in [6.45, 7) is 7.42. The molecule has 0 atom stereocenters. The molecular formula is C31H32F2INO. The summed E-state index contributed by atoms with van der Waals surface area (Å²) >= 11 is 0. The van der Waals surface area contributed by atoms with Gasteiger partial charge in [-0.25, -0.2) is 13.3 Å². The molecule has 0 spiro atoms. The Balaban J connectivity index is 0.00000361. The monoisotopic (exact) mass is 599 g/mol. The van der Waals surface area contributed by atoms with Gasteiger partial charge in [-0.05, 0) is 64.9 Å². The summed E-state index contributed by atoms with van der Waals surface area (Å²) in [5.74, 6) is 1.18. The fourth-order valence-electron chi connectivity index (χ4n) is 4.21. The summed E-state index contributed by atoms with van der Waals surface area (Å²) in [6.07, 6.45) is 5.81. The van der Waals surface area contributed by atoms with E-state index in [2.05, 4.69) is 37.5 Å². The zero-order valence-corrected chi connectivity index (χ0v) is 23.1. The third kappa shape index (κ3) is 7.60. The predicted molar refractivity (Wildman–Crippen MR) is 136 cm³/mol. The Hall–Kier alpha value is -2.80. The van der Waals surface area contributed by atoms with Crippen molar-refractivity contribution in [2.75, 3.05) is 0 Å². The first-order chi connectivity index (χ1) is 16.8. The molecule has 3 aromatic carbocycles. The van der Waals surface area contributed by atoms with Crippen molar-refractivity contribution in [2.24, 2.45) is 0 Å². The topological polar surface area (TPSA) is 13.1 Å². The lowest BCUT2D eigenvalue weighted by Crippen LogP contribution is -3.00. The van der Waals surface area contributed by atoms with Crippen molar-refractivity contribution in [3.05, 3.63) is 126 Å². The van der Waals surface area contributed by atoms with Gasteiger partial charge in [-0.3, -0.25) is 0 Å². The molecule has 0 bridgehead atoms. The lowest BCUT2D eigenvalue weighted by molar-refractivity contribution is -0.697. The molecule has 36 heavy (non-hydrogen) atoms. The lowest BCUT2D eigenvalue weighted by Gasteiger charge is -2.19. The second kappa shape index (κ2) is 12.4. The smallest absolute Gasteiger partial charge is 0.172 e. The van der Waals surface area contributed by atoms with E-state index in [9.17, 15) is 8.78 Å². The van der Waals surface area contributed by atoms with Gasteiger partial charge in [-0.2, -0.15) is 0 Å². The molecule has 5 heteroatoms. The van der Waals surface area contributed by atoms with Gasteiger partial charge in [-0.1, -0.05) is 57.2 Å². The van der Waals surface area contributed by atoms with Crippen molar-refractivity contribution >= 4 is 0 Å². The maximum atomic E-state index is 13.5. The molecule has 0 aliphatic heterocycles. The average Bonchev–Trinajstić information content (AvgIpc) is 2.84. The Morgan fingerprint density at radius 1 is 0.694 bits per heavy atom. The Labute approximate surface area is 230 Å². The van der Waals surface area contributed by atoms with Gasteiger partial charge in [0, 0.05) is 24.5 Å². The van der Waals surface area contributed by atoms with Crippen molar-refractivity contribution in [1.29, 1.82) is 0 Å². The van der Waals surface area contributed by atoms with E-state index in [1.165, 1.54) is 29.8 Å². The molecule has 0 saturated carbocycles. The number of nitrogens with zero attached hydrogens (tertiary/aromatic N) is 1. The van der Waals surface area contributed by atoms with Gasteiger partial charge < -0.3 is 28.7 Å². The van der Waals surface area contributed by atoms with Crippen LogP contribution in [0.3, 0.4) is 0 Å². The molecule has 2 nitrogen and oxygen atoms in total. The molecule has 0 saturated heterocycles. The van der Waals surface area contributed by atoms with Crippen molar-refractivity contribution < 1.29 is 42.1 Å². The van der Waals surface area contributed by atoms with Gasteiger partial charge in [0.1, 0.15) is 29.7 Å². The van der Waals surface area contributed by atoms with Crippen LogP contribution in [0.15, 0.2) is 97.3 Å². The molecule has 1 heterocycles. The molecule has 4 rings (SSSR count). The largest absolute Gasteiger partial charge is 1.00 e. The van der Waals surface area contributed by atoms with E-state index in [4.69, 9.17) is 4.74 Å². The van der Waals surface area contributed by atoms with Crippen LogP contribution in [0.4, 0.5) is 8.78 Å². The zero-order chi connectivity index (χ0) is 24.8. The van der Waals surface area contributed by atoms with Crippen LogP contribution in [0.5, 0.6) is 11.5 Å². The highest BCUT2D eigenvalue weighted by Crippen LogP contribution is 2.30. The third-order valence-electron chi connectivity index (χ3n) is 6.27. The fraction of sp³-hybridized carbons (Fsp3) is 0.258. The Kier molecular flexibility index (Phi) is 9.60. The number of benzene rings is 3. The van der Waals surface area contributed by atoms with E-state index < -0.39 is 0 Å². The van der Waals surface area contributed by atoms with E-state index in [1.54, 1.807) is 0 Å². The number of rotatable bonds is 8. The summed E-state index contributed by atoms with van der Waals surface area (Å²) in [6, 6.07) is 25.4. The molecule has 4 aromatic rings. The van der Waals surface area contributed by atoms with Crippen molar-refractivity contribution in [3.63, 3.8) is 0 Å². The maximum Gasteiger partial charge on any atom is 0.172 e. The minimum Gasteiger partial charge on any atom is -1.00 e. The van der Waals surface area contributed by atoms with Crippen LogP contribution in [0.25, 0.3) is 0 Å². The average molecular weight is 600 g/mol. The lowest BCUT2D eigenvalue weighted by atomic mass is 9.87. The van der Waals surface area contributed by atoms with Crippen LogP contribution < -0.4 is 33.3 Å². The van der Waals surface area contributed by atoms with Crippen LogP contribution >= 0.6 is 0 Å². The molecule has 1 aromatic heterocycles. The van der Waals surface area contributed by atoms with Gasteiger partial charge in [0.25, 0.3) is 0 Å². The summed E-state index contributed by atoms with van der Waals surface area (Å²) in [7, 11) is 0. The molecule has 188 valence electrons. The number of ether oxygens (including phenoxy) is 1. The maximum absolute atomic E-state index is 13.5. The molecule has 0 unspecified atom stereocenters. The van der Waals surface area contributed by atoms with E-state index in [1.807, 2.05) is 60.9 Å². The summed E-state index contributed by atoms with van der Waals surface area (Å²) in [5.41, 5.74) is 3.45. The minimum absolute atomic E-state index is 0. The van der Waals surface area contributed by atoms with E-state index in [-0.39, 0.29) is 46.9 Å². The number of pyridine rings is 1. The standard InChI is InChI=1S/C31H32F2NO.HI/c1-31(2,3)25-10-16-28(17-11-25)35-29-18-21-34(22-19-29)20-4-5-30(23-6-12-26(32)13-7-23)24-8-14-27(33)15-9-24;/h6-19,21-22,30H,4-5,20H2,1-3H3;1H/q+1;/p-1. The quantitative estimate of drug-likeness (QED) is 0.206. The zero-order valence-electron chi connectivity index (χ0n) is 20.9. The SMILES string of the molecule is CC(C)(C)c1ccc(Oc2cc[n+](CCCC(c3ccc(F)cc3)c3ccc(F)cc3)cc2)cc1.[I-]. The van der Waals surface area contributed by atoms with Gasteiger partial charge in [0.2, 0.25) is 0 Å². The molecule has 0 amide bonds. The molecule has 0 N–H and O–H groups in total. The van der Waals surface area contributed by atoms with Crippen LogP contribution in [0, 0.1) is 11.6 Å². The Bertz CT molecular complexity index is 1170. The number of aryl methyl sites for hydroxylation is 1. The van der Waals surface area contributed by atoms with Gasteiger partial charge in [-0.15, -0.1) is 0 Å². The minimum atomic E-state index is -0.255. The first kappa shape index (κ1) is 27.8. The first-order valence-corrected chi connectivity index (χ1v) is 12.1. The van der Waals surface area contributed by atoms with E-state index in [0.717, 1.165) is 42.0 Å².